The number of pyridine rings is 1. The lowest BCUT2D eigenvalue weighted by Gasteiger charge is -2.34. The van der Waals surface area contributed by atoms with Gasteiger partial charge in [0.15, 0.2) is 0 Å². The van der Waals surface area contributed by atoms with Gasteiger partial charge in [0.25, 0.3) is 0 Å². The SMILES string of the molecule is CCOC(=O)c1cn(C2CC2)c2cc(C3(C(=O)O)CCCCC3)c(F)cc2c1=O. The number of rotatable bonds is 5. The molecule has 0 atom stereocenters. The smallest absolute Gasteiger partial charge is 0.343 e. The molecular formula is C22H24FNO5. The van der Waals surface area contributed by atoms with Crippen LogP contribution in [0.2, 0.25) is 0 Å². The number of carbonyl (C=O) groups excluding carboxylic acids is 1. The fourth-order valence-corrected chi connectivity index (χ4v) is 4.50. The molecule has 0 saturated heterocycles. The number of nitrogens with zero attached hydrogens (tertiary/aromatic N) is 1. The van der Waals surface area contributed by atoms with Crippen molar-refractivity contribution in [3.8, 4) is 0 Å². The first kappa shape index (κ1) is 19.6. The number of benzene rings is 1. The van der Waals surface area contributed by atoms with Gasteiger partial charge >= 0.3 is 11.9 Å². The summed E-state index contributed by atoms with van der Waals surface area (Å²) >= 11 is 0. The zero-order chi connectivity index (χ0) is 20.8. The van der Waals surface area contributed by atoms with Gasteiger partial charge in [0.2, 0.25) is 5.43 Å². The summed E-state index contributed by atoms with van der Waals surface area (Å²) in [7, 11) is 0. The normalized spacial score (nSPS) is 18.6. The van der Waals surface area contributed by atoms with Gasteiger partial charge in [-0.3, -0.25) is 9.59 Å². The van der Waals surface area contributed by atoms with E-state index in [9.17, 15) is 19.5 Å². The minimum absolute atomic E-state index is 0.0834. The average molecular weight is 401 g/mol. The van der Waals surface area contributed by atoms with Crippen LogP contribution < -0.4 is 5.43 Å². The Morgan fingerprint density at radius 1 is 1.24 bits per heavy atom. The number of fused-ring (bicyclic) bond motifs is 1. The lowest BCUT2D eigenvalue weighted by atomic mass is 9.69. The molecule has 1 heterocycles. The number of carbonyl (C=O) groups is 2. The summed E-state index contributed by atoms with van der Waals surface area (Å²) in [6, 6.07) is 2.74. The summed E-state index contributed by atoms with van der Waals surface area (Å²) in [5.41, 5.74) is -1.37. The van der Waals surface area contributed by atoms with Crippen molar-refractivity contribution in [2.24, 2.45) is 0 Å². The number of carboxylic acids is 1. The van der Waals surface area contributed by atoms with Crippen molar-refractivity contribution in [2.75, 3.05) is 6.61 Å². The molecule has 0 radical (unpaired) electrons. The molecular weight excluding hydrogens is 377 g/mol. The monoisotopic (exact) mass is 401 g/mol. The van der Waals surface area contributed by atoms with Crippen molar-refractivity contribution in [1.82, 2.24) is 4.57 Å². The third-order valence-corrected chi connectivity index (χ3v) is 6.19. The maximum atomic E-state index is 15.2. The molecule has 0 bridgehead atoms. The Hall–Kier alpha value is -2.70. The molecule has 1 N–H and O–H groups in total. The van der Waals surface area contributed by atoms with Gasteiger partial charge in [0.05, 0.1) is 17.5 Å². The van der Waals surface area contributed by atoms with Crippen LogP contribution in [-0.4, -0.2) is 28.2 Å². The zero-order valence-electron chi connectivity index (χ0n) is 16.4. The summed E-state index contributed by atoms with van der Waals surface area (Å²) in [5.74, 6) is -2.46. The standard InChI is InChI=1S/C22H24FNO5/c1-2-29-20(26)15-12-24(13-6-7-13)18-11-16(17(23)10-14(18)19(15)25)22(21(27)28)8-4-3-5-9-22/h10-13H,2-9H2,1H3,(H,27,28). The van der Waals surface area contributed by atoms with E-state index in [0.29, 0.717) is 18.4 Å². The molecule has 2 saturated carbocycles. The molecule has 1 aromatic heterocycles. The van der Waals surface area contributed by atoms with E-state index in [0.717, 1.165) is 38.2 Å². The summed E-state index contributed by atoms with van der Waals surface area (Å²) in [6.07, 6.45) is 6.38. The van der Waals surface area contributed by atoms with Crippen LogP contribution >= 0.6 is 0 Å². The van der Waals surface area contributed by atoms with Crippen LogP contribution in [0.15, 0.2) is 23.1 Å². The lowest BCUT2D eigenvalue weighted by molar-refractivity contribution is -0.145. The lowest BCUT2D eigenvalue weighted by Crippen LogP contribution is -2.38. The largest absolute Gasteiger partial charge is 0.481 e. The predicted octanol–water partition coefficient (Wildman–Crippen LogP) is 3.94. The van der Waals surface area contributed by atoms with Gasteiger partial charge in [-0.05, 0) is 44.7 Å². The molecule has 2 aromatic rings. The van der Waals surface area contributed by atoms with E-state index < -0.39 is 28.6 Å². The third kappa shape index (κ3) is 3.22. The summed E-state index contributed by atoms with van der Waals surface area (Å²) in [5, 5.41) is 10.0. The van der Waals surface area contributed by atoms with Gasteiger partial charge in [-0.1, -0.05) is 19.3 Å². The first-order valence-corrected chi connectivity index (χ1v) is 10.2. The van der Waals surface area contributed by atoms with Crippen LogP contribution in [0.4, 0.5) is 4.39 Å². The number of aliphatic carboxylic acids is 1. The highest BCUT2D eigenvalue weighted by Crippen LogP contribution is 2.43. The van der Waals surface area contributed by atoms with Crippen molar-refractivity contribution in [3.05, 3.63) is 45.5 Å². The minimum atomic E-state index is -1.28. The van der Waals surface area contributed by atoms with E-state index >= 15 is 4.39 Å². The number of hydrogen-bond acceptors (Lipinski definition) is 4. The van der Waals surface area contributed by atoms with E-state index in [1.807, 2.05) is 4.57 Å². The molecule has 0 unspecified atom stereocenters. The van der Waals surface area contributed by atoms with E-state index in [2.05, 4.69) is 0 Å². The molecule has 2 aliphatic rings. The fourth-order valence-electron chi connectivity index (χ4n) is 4.50. The molecule has 6 nitrogen and oxygen atoms in total. The summed E-state index contributed by atoms with van der Waals surface area (Å²) in [6.45, 7) is 1.79. The van der Waals surface area contributed by atoms with E-state index in [-0.39, 0.29) is 29.2 Å². The highest BCUT2D eigenvalue weighted by molar-refractivity contribution is 5.94. The van der Waals surface area contributed by atoms with Crippen molar-refractivity contribution < 1.29 is 23.8 Å². The number of hydrogen-bond donors (Lipinski definition) is 1. The second-order valence-corrected chi connectivity index (χ2v) is 8.03. The Morgan fingerprint density at radius 2 is 1.93 bits per heavy atom. The summed E-state index contributed by atoms with van der Waals surface area (Å²) in [4.78, 5) is 37.3. The van der Waals surface area contributed by atoms with E-state index in [1.165, 1.54) is 12.3 Å². The molecule has 2 fully saturated rings. The number of carboxylic acid groups (broad SMARTS) is 1. The third-order valence-electron chi connectivity index (χ3n) is 6.19. The van der Waals surface area contributed by atoms with Crippen LogP contribution in [0, 0.1) is 5.82 Å². The van der Waals surface area contributed by atoms with Gasteiger partial charge in [0, 0.05) is 23.2 Å². The van der Waals surface area contributed by atoms with Crippen molar-refractivity contribution in [1.29, 1.82) is 0 Å². The van der Waals surface area contributed by atoms with Gasteiger partial charge < -0.3 is 14.4 Å². The Balaban J connectivity index is 1.97. The second-order valence-electron chi connectivity index (χ2n) is 8.03. The molecule has 7 heteroatoms. The number of ether oxygens (including phenoxy) is 1. The summed E-state index contributed by atoms with van der Waals surface area (Å²) < 4.78 is 22.0. The molecule has 1 aromatic carbocycles. The minimum Gasteiger partial charge on any atom is -0.481 e. The highest BCUT2D eigenvalue weighted by Gasteiger charge is 2.43. The van der Waals surface area contributed by atoms with Crippen molar-refractivity contribution >= 4 is 22.8 Å². The molecule has 4 rings (SSSR count). The number of aromatic nitrogens is 1. The van der Waals surface area contributed by atoms with Crippen LogP contribution in [0.5, 0.6) is 0 Å². The maximum Gasteiger partial charge on any atom is 0.343 e. The van der Waals surface area contributed by atoms with Gasteiger partial charge in [0.1, 0.15) is 11.4 Å². The molecule has 2 aliphatic carbocycles. The first-order valence-electron chi connectivity index (χ1n) is 10.2. The Morgan fingerprint density at radius 3 is 2.52 bits per heavy atom. The quantitative estimate of drug-likeness (QED) is 0.767. The molecule has 29 heavy (non-hydrogen) atoms. The van der Waals surface area contributed by atoms with Gasteiger partial charge in [-0.2, -0.15) is 0 Å². The van der Waals surface area contributed by atoms with Gasteiger partial charge in [-0.25, -0.2) is 9.18 Å². The first-order chi connectivity index (χ1) is 13.9. The highest BCUT2D eigenvalue weighted by atomic mass is 19.1. The predicted molar refractivity (Wildman–Crippen MR) is 105 cm³/mol. The molecule has 0 aliphatic heterocycles. The Bertz CT molecular complexity index is 1050. The fraction of sp³-hybridized carbons (Fsp3) is 0.500. The van der Waals surface area contributed by atoms with Crippen LogP contribution in [-0.2, 0) is 14.9 Å². The van der Waals surface area contributed by atoms with Crippen LogP contribution in [0.25, 0.3) is 10.9 Å². The molecule has 154 valence electrons. The maximum absolute atomic E-state index is 15.2. The van der Waals surface area contributed by atoms with Gasteiger partial charge in [-0.15, -0.1) is 0 Å². The van der Waals surface area contributed by atoms with E-state index in [1.54, 1.807) is 6.92 Å². The number of esters is 1. The van der Waals surface area contributed by atoms with E-state index in [4.69, 9.17) is 4.74 Å². The second kappa shape index (κ2) is 7.28. The van der Waals surface area contributed by atoms with Crippen LogP contribution in [0.3, 0.4) is 0 Å². The Kier molecular flexibility index (Phi) is 4.92. The molecule has 0 spiro atoms. The zero-order valence-corrected chi connectivity index (χ0v) is 16.4. The topological polar surface area (TPSA) is 85.6 Å². The average Bonchev–Trinajstić information content (AvgIpc) is 3.54. The Labute approximate surface area is 167 Å². The number of halogens is 1. The van der Waals surface area contributed by atoms with Crippen molar-refractivity contribution in [3.63, 3.8) is 0 Å². The molecule has 0 amide bonds. The van der Waals surface area contributed by atoms with Crippen LogP contribution in [0.1, 0.15) is 73.8 Å². The van der Waals surface area contributed by atoms with Crippen molar-refractivity contribution in [2.45, 2.75) is 63.3 Å².